The molecular formula is C11H17NO5. The number of ether oxygens (including phenoxy) is 2. The van der Waals surface area contributed by atoms with Gasteiger partial charge >= 0.3 is 5.97 Å². The van der Waals surface area contributed by atoms with Crippen molar-refractivity contribution >= 4 is 11.9 Å². The molecule has 6 nitrogen and oxygen atoms in total. The lowest BCUT2D eigenvalue weighted by atomic mass is 10.0. The highest BCUT2D eigenvalue weighted by Crippen LogP contribution is 2.26. The monoisotopic (exact) mass is 243 g/mol. The Hall–Kier alpha value is -1.14. The van der Waals surface area contributed by atoms with E-state index in [0.717, 1.165) is 12.8 Å². The standard InChI is InChI=1S/C11H17NO5/c13-10(9-6-16-4-5-17-9)12-8-3-1-2-7(8)11(14)15/h7-9H,1-6H2,(H,12,13)(H,14,15). The topological polar surface area (TPSA) is 84.9 Å². The first-order valence-electron chi connectivity index (χ1n) is 5.91. The molecule has 17 heavy (non-hydrogen) atoms. The van der Waals surface area contributed by atoms with Gasteiger partial charge in [0.05, 0.1) is 25.7 Å². The molecule has 0 aromatic rings. The molecule has 2 N–H and O–H groups in total. The van der Waals surface area contributed by atoms with Crippen LogP contribution in [0.25, 0.3) is 0 Å². The van der Waals surface area contributed by atoms with Gasteiger partial charge in [-0.25, -0.2) is 0 Å². The molecule has 2 aliphatic rings. The summed E-state index contributed by atoms with van der Waals surface area (Å²) in [4.78, 5) is 22.8. The zero-order valence-corrected chi connectivity index (χ0v) is 9.55. The average molecular weight is 243 g/mol. The molecule has 0 radical (unpaired) electrons. The highest BCUT2D eigenvalue weighted by Gasteiger charge is 2.35. The number of aliphatic carboxylic acids is 1. The fraction of sp³-hybridized carbons (Fsp3) is 0.818. The van der Waals surface area contributed by atoms with Gasteiger partial charge in [-0.05, 0) is 12.8 Å². The van der Waals surface area contributed by atoms with Crippen molar-refractivity contribution in [3.63, 3.8) is 0 Å². The molecule has 3 unspecified atom stereocenters. The first kappa shape index (κ1) is 12.3. The number of rotatable bonds is 3. The Morgan fingerprint density at radius 1 is 1.24 bits per heavy atom. The van der Waals surface area contributed by atoms with E-state index in [1.54, 1.807) is 0 Å². The van der Waals surface area contributed by atoms with Gasteiger partial charge in [0, 0.05) is 6.04 Å². The number of carboxylic acid groups (broad SMARTS) is 1. The number of carbonyl (C=O) groups is 2. The fourth-order valence-electron chi connectivity index (χ4n) is 2.34. The Kier molecular flexibility index (Phi) is 3.96. The first-order valence-corrected chi connectivity index (χ1v) is 5.91. The molecule has 2 fully saturated rings. The smallest absolute Gasteiger partial charge is 0.308 e. The van der Waals surface area contributed by atoms with Crippen molar-refractivity contribution in [1.29, 1.82) is 0 Å². The SMILES string of the molecule is O=C(NC1CCCC1C(=O)O)C1COCCO1. The van der Waals surface area contributed by atoms with Crippen molar-refractivity contribution in [3.8, 4) is 0 Å². The normalized spacial score (nSPS) is 33.3. The van der Waals surface area contributed by atoms with E-state index in [0.29, 0.717) is 19.6 Å². The van der Waals surface area contributed by atoms with Crippen LogP contribution in [-0.4, -0.2) is 48.9 Å². The maximum Gasteiger partial charge on any atom is 0.308 e. The lowest BCUT2D eigenvalue weighted by molar-refractivity contribution is -0.149. The largest absolute Gasteiger partial charge is 0.481 e. The second kappa shape index (κ2) is 5.46. The van der Waals surface area contributed by atoms with Crippen molar-refractivity contribution in [2.24, 2.45) is 5.92 Å². The average Bonchev–Trinajstić information content (AvgIpc) is 2.78. The molecule has 1 amide bonds. The number of hydrogen-bond donors (Lipinski definition) is 2. The molecule has 0 aromatic carbocycles. The van der Waals surface area contributed by atoms with Crippen molar-refractivity contribution in [1.82, 2.24) is 5.32 Å². The maximum absolute atomic E-state index is 11.8. The number of nitrogens with one attached hydrogen (secondary N) is 1. The minimum absolute atomic E-state index is 0.246. The molecule has 0 bridgehead atoms. The third-order valence-electron chi connectivity index (χ3n) is 3.27. The summed E-state index contributed by atoms with van der Waals surface area (Å²) in [5.74, 6) is -1.57. The summed E-state index contributed by atoms with van der Waals surface area (Å²) in [7, 11) is 0. The summed E-state index contributed by atoms with van der Waals surface area (Å²) in [6, 6.07) is -0.273. The molecule has 1 saturated carbocycles. The molecule has 0 spiro atoms. The number of hydrogen-bond acceptors (Lipinski definition) is 4. The van der Waals surface area contributed by atoms with E-state index < -0.39 is 18.0 Å². The molecule has 1 aliphatic heterocycles. The van der Waals surface area contributed by atoms with Crippen LogP contribution in [0, 0.1) is 5.92 Å². The van der Waals surface area contributed by atoms with Gasteiger partial charge in [0.25, 0.3) is 5.91 Å². The Bertz CT molecular complexity index is 300. The second-order valence-electron chi connectivity index (χ2n) is 4.43. The van der Waals surface area contributed by atoms with Gasteiger partial charge in [0.1, 0.15) is 0 Å². The van der Waals surface area contributed by atoms with Gasteiger partial charge in [-0.15, -0.1) is 0 Å². The molecule has 0 aromatic heterocycles. The van der Waals surface area contributed by atoms with Crippen molar-refractivity contribution < 1.29 is 24.2 Å². The van der Waals surface area contributed by atoms with Crippen LogP contribution in [0.1, 0.15) is 19.3 Å². The Morgan fingerprint density at radius 2 is 2.06 bits per heavy atom. The van der Waals surface area contributed by atoms with E-state index in [1.807, 2.05) is 0 Å². The van der Waals surface area contributed by atoms with Gasteiger partial charge in [0.15, 0.2) is 6.10 Å². The van der Waals surface area contributed by atoms with E-state index in [-0.39, 0.29) is 18.6 Å². The molecule has 1 aliphatic carbocycles. The van der Waals surface area contributed by atoms with Gasteiger partial charge in [-0.2, -0.15) is 0 Å². The first-order chi connectivity index (χ1) is 8.18. The quantitative estimate of drug-likeness (QED) is 0.715. The lowest BCUT2D eigenvalue weighted by Crippen LogP contribution is -2.48. The fourth-order valence-corrected chi connectivity index (χ4v) is 2.34. The Labute approximate surface area is 99.3 Å². The van der Waals surface area contributed by atoms with Gasteiger partial charge in [-0.1, -0.05) is 6.42 Å². The zero-order valence-electron chi connectivity index (χ0n) is 9.55. The predicted molar refractivity (Wildman–Crippen MR) is 57.5 cm³/mol. The van der Waals surface area contributed by atoms with Gasteiger partial charge in [-0.3, -0.25) is 9.59 Å². The van der Waals surface area contributed by atoms with Crippen LogP contribution in [0.15, 0.2) is 0 Å². The van der Waals surface area contributed by atoms with Crippen LogP contribution in [0.5, 0.6) is 0 Å². The molecule has 6 heteroatoms. The van der Waals surface area contributed by atoms with Crippen LogP contribution >= 0.6 is 0 Å². The van der Waals surface area contributed by atoms with E-state index in [1.165, 1.54) is 0 Å². The van der Waals surface area contributed by atoms with Crippen molar-refractivity contribution in [2.45, 2.75) is 31.4 Å². The summed E-state index contributed by atoms with van der Waals surface area (Å²) in [6.07, 6.45) is 1.58. The van der Waals surface area contributed by atoms with Crippen LogP contribution in [-0.2, 0) is 19.1 Å². The van der Waals surface area contributed by atoms with Crippen LogP contribution < -0.4 is 5.32 Å². The summed E-state index contributed by atoms with van der Waals surface area (Å²) >= 11 is 0. The van der Waals surface area contributed by atoms with Crippen LogP contribution in [0.3, 0.4) is 0 Å². The second-order valence-corrected chi connectivity index (χ2v) is 4.43. The predicted octanol–water partition coefficient (Wildman–Crippen LogP) is -0.229. The van der Waals surface area contributed by atoms with E-state index in [2.05, 4.69) is 5.32 Å². The molecule has 2 rings (SSSR count). The molecule has 1 saturated heterocycles. The summed E-state index contributed by atoms with van der Waals surface area (Å²) in [6.45, 7) is 1.16. The number of carbonyl (C=O) groups excluding carboxylic acids is 1. The Balaban J connectivity index is 1.86. The van der Waals surface area contributed by atoms with Crippen molar-refractivity contribution in [2.75, 3.05) is 19.8 Å². The highest BCUT2D eigenvalue weighted by molar-refractivity contribution is 5.82. The highest BCUT2D eigenvalue weighted by atomic mass is 16.6. The van der Waals surface area contributed by atoms with Crippen LogP contribution in [0.2, 0.25) is 0 Å². The summed E-state index contributed by atoms with van der Waals surface area (Å²) < 4.78 is 10.4. The number of amides is 1. The molecular weight excluding hydrogens is 226 g/mol. The maximum atomic E-state index is 11.8. The third-order valence-corrected chi connectivity index (χ3v) is 3.27. The van der Waals surface area contributed by atoms with E-state index in [9.17, 15) is 9.59 Å². The van der Waals surface area contributed by atoms with E-state index in [4.69, 9.17) is 14.6 Å². The minimum Gasteiger partial charge on any atom is -0.481 e. The zero-order chi connectivity index (χ0) is 12.3. The van der Waals surface area contributed by atoms with Gasteiger partial charge in [0.2, 0.25) is 0 Å². The van der Waals surface area contributed by atoms with Crippen LogP contribution in [0.4, 0.5) is 0 Å². The van der Waals surface area contributed by atoms with Crippen molar-refractivity contribution in [3.05, 3.63) is 0 Å². The summed E-state index contributed by atoms with van der Waals surface area (Å²) in [5.41, 5.74) is 0. The lowest BCUT2D eigenvalue weighted by Gasteiger charge is -2.25. The third kappa shape index (κ3) is 2.95. The molecule has 3 atom stereocenters. The van der Waals surface area contributed by atoms with E-state index >= 15 is 0 Å². The van der Waals surface area contributed by atoms with Gasteiger partial charge < -0.3 is 19.9 Å². The minimum atomic E-state index is -0.839. The molecule has 96 valence electrons. The Morgan fingerprint density at radius 3 is 2.71 bits per heavy atom. The molecule has 1 heterocycles. The number of carboxylic acids is 1. The summed E-state index contributed by atoms with van der Waals surface area (Å²) in [5, 5.41) is 11.8.